The molecular formula is C16H21NO4. The Kier molecular flexibility index (Phi) is 7.44. The first-order valence-electron chi connectivity index (χ1n) is 6.92. The van der Waals surface area contributed by atoms with Crippen LogP contribution in [0.3, 0.4) is 0 Å². The van der Waals surface area contributed by atoms with Crippen molar-refractivity contribution >= 4 is 5.97 Å². The first-order valence-corrected chi connectivity index (χ1v) is 6.92. The average molecular weight is 291 g/mol. The predicted octanol–water partition coefficient (Wildman–Crippen LogP) is 3.28. The van der Waals surface area contributed by atoms with Gasteiger partial charge in [-0.1, -0.05) is 24.3 Å². The van der Waals surface area contributed by atoms with Crippen molar-refractivity contribution in [1.82, 2.24) is 0 Å². The molecule has 1 atom stereocenters. The predicted molar refractivity (Wildman–Crippen MR) is 78.4 cm³/mol. The molecule has 1 rings (SSSR count). The molecule has 0 fully saturated rings. The summed E-state index contributed by atoms with van der Waals surface area (Å²) in [6.07, 6.45) is -0.347. The minimum atomic E-state index is -0.524. The fourth-order valence-corrected chi connectivity index (χ4v) is 1.90. The van der Waals surface area contributed by atoms with Crippen LogP contribution in [-0.2, 0) is 19.0 Å². The van der Waals surface area contributed by atoms with Crippen molar-refractivity contribution in [3.05, 3.63) is 46.8 Å². The Balaban J connectivity index is 2.84. The van der Waals surface area contributed by atoms with Gasteiger partial charge in [0.25, 0.3) is 6.04 Å². The molecule has 0 spiro atoms. The Morgan fingerprint density at radius 3 is 2.10 bits per heavy atom. The van der Waals surface area contributed by atoms with Gasteiger partial charge in [-0.05, 0) is 13.8 Å². The highest BCUT2D eigenvalue weighted by Gasteiger charge is 2.21. The number of carbonyl (C=O) groups excluding carboxylic acids is 1. The largest absolute Gasteiger partial charge is 0.469 e. The lowest BCUT2D eigenvalue weighted by molar-refractivity contribution is -0.141. The van der Waals surface area contributed by atoms with Gasteiger partial charge in [0.1, 0.15) is 6.42 Å². The Morgan fingerprint density at radius 1 is 1.14 bits per heavy atom. The third-order valence-electron chi connectivity index (χ3n) is 2.97. The van der Waals surface area contributed by atoms with Crippen LogP contribution in [0.2, 0.25) is 0 Å². The second-order valence-electron chi connectivity index (χ2n) is 4.33. The maximum absolute atomic E-state index is 11.3. The SMILES string of the molecule is [C-]#[N+]C(CC(=O)OC)c1ccc(C(OCC)OCC)cc1. The number of nitrogens with zero attached hydrogens (tertiary/aromatic N) is 1. The Morgan fingerprint density at radius 2 is 1.67 bits per heavy atom. The number of hydrogen-bond donors (Lipinski definition) is 0. The summed E-state index contributed by atoms with van der Waals surface area (Å²) in [6.45, 7) is 12.1. The number of carbonyl (C=O) groups is 1. The molecule has 0 radical (unpaired) electrons. The molecule has 114 valence electrons. The summed E-state index contributed by atoms with van der Waals surface area (Å²) in [5, 5.41) is 0. The molecule has 0 saturated carbocycles. The van der Waals surface area contributed by atoms with Crippen molar-refractivity contribution < 1.29 is 19.0 Å². The van der Waals surface area contributed by atoms with Crippen molar-refractivity contribution in [2.45, 2.75) is 32.6 Å². The maximum atomic E-state index is 11.3. The van der Waals surface area contributed by atoms with E-state index in [1.165, 1.54) is 7.11 Å². The van der Waals surface area contributed by atoms with E-state index in [-0.39, 0.29) is 12.4 Å². The number of methoxy groups -OCH3 is 1. The Labute approximate surface area is 125 Å². The van der Waals surface area contributed by atoms with Crippen molar-refractivity contribution in [2.75, 3.05) is 20.3 Å². The molecule has 0 aliphatic carbocycles. The molecule has 0 aliphatic rings. The number of hydrogen-bond acceptors (Lipinski definition) is 4. The van der Waals surface area contributed by atoms with Gasteiger partial charge in [-0.25, -0.2) is 6.57 Å². The molecule has 1 aromatic rings. The minimum absolute atomic E-state index is 0.0553. The van der Waals surface area contributed by atoms with Crippen molar-refractivity contribution in [3.8, 4) is 0 Å². The van der Waals surface area contributed by atoms with Crippen LogP contribution in [-0.4, -0.2) is 26.3 Å². The van der Waals surface area contributed by atoms with Crippen LogP contribution in [0.4, 0.5) is 0 Å². The van der Waals surface area contributed by atoms with E-state index >= 15 is 0 Å². The van der Waals surface area contributed by atoms with E-state index in [0.717, 1.165) is 11.1 Å². The van der Waals surface area contributed by atoms with Crippen LogP contribution in [0.1, 0.15) is 43.7 Å². The summed E-state index contributed by atoms with van der Waals surface area (Å²) in [7, 11) is 1.32. The summed E-state index contributed by atoms with van der Waals surface area (Å²) in [5.41, 5.74) is 1.68. The minimum Gasteiger partial charge on any atom is -0.469 e. The monoisotopic (exact) mass is 291 g/mol. The van der Waals surface area contributed by atoms with E-state index in [0.29, 0.717) is 13.2 Å². The zero-order chi connectivity index (χ0) is 15.7. The van der Waals surface area contributed by atoms with Gasteiger partial charge in [0.15, 0.2) is 6.29 Å². The molecule has 0 aromatic heterocycles. The number of rotatable bonds is 8. The lowest BCUT2D eigenvalue weighted by Crippen LogP contribution is -2.09. The summed E-state index contributed by atoms with van der Waals surface area (Å²) < 4.78 is 15.6. The topological polar surface area (TPSA) is 49.1 Å². The highest BCUT2D eigenvalue weighted by molar-refractivity contribution is 5.70. The van der Waals surface area contributed by atoms with Crippen LogP contribution in [0.5, 0.6) is 0 Å². The number of esters is 1. The molecule has 5 nitrogen and oxygen atoms in total. The van der Waals surface area contributed by atoms with Gasteiger partial charge in [-0.3, -0.25) is 4.79 Å². The molecule has 21 heavy (non-hydrogen) atoms. The second kappa shape index (κ2) is 9.11. The summed E-state index contributed by atoms with van der Waals surface area (Å²) >= 11 is 0. The van der Waals surface area contributed by atoms with Crippen molar-refractivity contribution in [1.29, 1.82) is 0 Å². The van der Waals surface area contributed by atoms with Gasteiger partial charge >= 0.3 is 5.97 Å². The summed E-state index contributed by atoms with van der Waals surface area (Å²) in [6, 6.07) is 6.85. The summed E-state index contributed by atoms with van der Waals surface area (Å²) in [4.78, 5) is 14.8. The van der Waals surface area contributed by atoms with Crippen LogP contribution in [0, 0.1) is 6.57 Å². The molecule has 0 bridgehead atoms. The van der Waals surface area contributed by atoms with E-state index in [1.54, 1.807) is 0 Å². The number of ether oxygens (including phenoxy) is 3. The molecule has 0 saturated heterocycles. The molecule has 1 aromatic carbocycles. The second-order valence-corrected chi connectivity index (χ2v) is 4.33. The van der Waals surface area contributed by atoms with Gasteiger partial charge in [0.2, 0.25) is 0 Å². The lowest BCUT2D eigenvalue weighted by atomic mass is 10.0. The highest BCUT2D eigenvalue weighted by atomic mass is 16.7. The third-order valence-corrected chi connectivity index (χ3v) is 2.97. The Bertz CT molecular complexity index is 472. The molecule has 0 aliphatic heterocycles. The highest BCUT2D eigenvalue weighted by Crippen LogP contribution is 2.25. The van der Waals surface area contributed by atoms with E-state index in [1.807, 2.05) is 38.1 Å². The van der Waals surface area contributed by atoms with Crippen LogP contribution in [0.15, 0.2) is 24.3 Å². The molecule has 0 amide bonds. The van der Waals surface area contributed by atoms with Crippen LogP contribution >= 0.6 is 0 Å². The van der Waals surface area contributed by atoms with Gasteiger partial charge in [0.05, 0.1) is 7.11 Å². The van der Waals surface area contributed by atoms with Crippen molar-refractivity contribution in [3.63, 3.8) is 0 Å². The van der Waals surface area contributed by atoms with Crippen LogP contribution in [0.25, 0.3) is 4.85 Å². The fourth-order valence-electron chi connectivity index (χ4n) is 1.90. The molecule has 5 heteroatoms. The van der Waals surface area contributed by atoms with Crippen molar-refractivity contribution in [2.24, 2.45) is 0 Å². The third kappa shape index (κ3) is 5.18. The maximum Gasteiger partial charge on any atom is 0.313 e. The van der Waals surface area contributed by atoms with E-state index in [9.17, 15) is 4.79 Å². The molecule has 0 N–H and O–H groups in total. The first-order chi connectivity index (χ1) is 10.2. The van der Waals surface area contributed by atoms with Gasteiger partial charge < -0.3 is 19.1 Å². The molecule has 0 heterocycles. The zero-order valence-corrected chi connectivity index (χ0v) is 12.7. The fraction of sp³-hybridized carbons (Fsp3) is 0.500. The van der Waals surface area contributed by atoms with Crippen LogP contribution < -0.4 is 0 Å². The normalized spacial score (nSPS) is 12.0. The van der Waals surface area contributed by atoms with E-state index < -0.39 is 12.3 Å². The number of benzene rings is 1. The van der Waals surface area contributed by atoms with Gasteiger partial charge in [-0.2, -0.15) is 0 Å². The lowest BCUT2D eigenvalue weighted by Gasteiger charge is -2.17. The van der Waals surface area contributed by atoms with Gasteiger partial charge in [0, 0.05) is 24.3 Å². The van der Waals surface area contributed by atoms with E-state index in [4.69, 9.17) is 16.0 Å². The molecule has 1 unspecified atom stereocenters. The zero-order valence-electron chi connectivity index (χ0n) is 12.7. The summed E-state index contributed by atoms with van der Waals surface area (Å²) in [5.74, 6) is -0.387. The molecular weight excluding hydrogens is 270 g/mol. The average Bonchev–Trinajstić information content (AvgIpc) is 2.52. The quantitative estimate of drug-likeness (QED) is 0.419. The standard InChI is InChI=1S/C16H21NO4/c1-5-20-16(21-6-2)13-9-7-12(8-10-13)14(17-3)11-15(18)19-4/h7-10,14,16H,5-6,11H2,1-2,4H3. The van der Waals surface area contributed by atoms with E-state index in [2.05, 4.69) is 9.58 Å². The smallest absolute Gasteiger partial charge is 0.313 e. The van der Waals surface area contributed by atoms with Gasteiger partial charge in [-0.15, -0.1) is 0 Å². The Hall–Kier alpha value is -1.90. The first kappa shape index (κ1) is 17.2.